The normalized spacial score (nSPS) is 14.8. The van der Waals surface area contributed by atoms with Crippen molar-refractivity contribution < 1.29 is 9.59 Å². The topological polar surface area (TPSA) is 108 Å². The number of benzene rings is 2. The van der Waals surface area contributed by atoms with Crippen molar-refractivity contribution in [2.45, 2.75) is 25.8 Å². The molecule has 0 unspecified atom stereocenters. The molecular weight excluding hydrogens is 550 g/mol. The molecule has 4 aromatic rings. The Labute approximate surface area is 258 Å². The van der Waals surface area contributed by atoms with Gasteiger partial charge in [-0.05, 0) is 85.0 Å². The molecule has 44 heavy (non-hydrogen) atoms. The molecule has 6 rings (SSSR count). The molecule has 226 valence electrons. The Morgan fingerprint density at radius 3 is 2.43 bits per heavy atom. The molecule has 1 saturated carbocycles. The Balaban J connectivity index is 1.25. The number of aromatic nitrogens is 2. The summed E-state index contributed by atoms with van der Waals surface area (Å²) in [7, 11) is 0. The lowest BCUT2D eigenvalue weighted by molar-refractivity contribution is -0.133. The first-order valence-electron chi connectivity index (χ1n) is 15.4. The standard InChI is InChI=1S/C35H39N7O2/c36-14-5-17-42(35(44)27-10-11-27)25-26-6-3-7-28(22-26)29-12-13-32(31(23-29)39-34(43)30-8-4-15-37-24-30)40-18-20-41(21-19-40)33-9-1-2-16-38-33/h1-4,6-9,12-13,15-16,22-24,27H,5,10-11,14,17-21,25,36H2,(H,39,43). The van der Waals surface area contributed by atoms with Crippen LogP contribution in [0.25, 0.3) is 11.1 Å². The van der Waals surface area contributed by atoms with Gasteiger partial charge in [0.2, 0.25) is 5.91 Å². The van der Waals surface area contributed by atoms with E-state index < -0.39 is 0 Å². The molecule has 0 radical (unpaired) electrons. The fraction of sp³-hybridized carbons (Fsp3) is 0.314. The van der Waals surface area contributed by atoms with Crippen LogP contribution in [-0.2, 0) is 11.3 Å². The number of rotatable bonds is 11. The van der Waals surface area contributed by atoms with E-state index in [1.165, 1.54) is 0 Å². The summed E-state index contributed by atoms with van der Waals surface area (Å²) >= 11 is 0. The van der Waals surface area contributed by atoms with Gasteiger partial charge >= 0.3 is 0 Å². The molecule has 9 nitrogen and oxygen atoms in total. The van der Waals surface area contributed by atoms with E-state index in [0.717, 1.165) is 79.3 Å². The number of pyridine rings is 2. The van der Waals surface area contributed by atoms with Crippen LogP contribution in [0.2, 0.25) is 0 Å². The van der Waals surface area contributed by atoms with Crippen molar-refractivity contribution in [2.75, 3.05) is 54.4 Å². The van der Waals surface area contributed by atoms with Gasteiger partial charge in [0.25, 0.3) is 5.91 Å². The lowest BCUT2D eigenvalue weighted by atomic mass is 10.0. The number of hydrogen-bond acceptors (Lipinski definition) is 7. The van der Waals surface area contributed by atoms with Gasteiger partial charge in [-0.1, -0.05) is 30.3 Å². The highest BCUT2D eigenvalue weighted by atomic mass is 16.2. The van der Waals surface area contributed by atoms with E-state index in [9.17, 15) is 9.59 Å². The summed E-state index contributed by atoms with van der Waals surface area (Å²) in [5.41, 5.74) is 11.1. The monoisotopic (exact) mass is 589 g/mol. The minimum atomic E-state index is -0.202. The highest BCUT2D eigenvalue weighted by Crippen LogP contribution is 2.34. The van der Waals surface area contributed by atoms with Crippen molar-refractivity contribution in [3.63, 3.8) is 0 Å². The number of nitrogens with zero attached hydrogens (tertiary/aromatic N) is 5. The van der Waals surface area contributed by atoms with Gasteiger partial charge in [-0.3, -0.25) is 14.6 Å². The first kappa shape index (κ1) is 29.3. The van der Waals surface area contributed by atoms with Gasteiger partial charge in [0.15, 0.2) is 0 Å². The number of carbonyl (C=O) groups excluding carboxylic acids is 2. The summed E-state index contributed by atoms with van der Waals surface area (Å²) in [6, 6.07) is 24.1. The van der Waals surface area contributed by atoms with E-state index in [-0.39, 0.29) is 17.7 Å². The second-order valence-electron chi connectivity index (χ2n) is 11.5. The van der Waals surface area contributed by atoms with Crippen LogP contribution in [0, 0.1) is 5.92 Å². The number of nitrogens with one attached hydrogen (secondary N) is 1. The molecule has 9 heteroatoms. The number of amides is 2. The number of piperazine rings is 1. The number of carbonyl (C=O) groups is 2. The summed E-state index contributed by atoms with van der Waals surface area (Å²) in [5, 5.41) is 3.17. The molecule has 1 saturated heterocycles. The van der Waals surface area contributed by atoms with E-state index >= 15 is 0 Å². The van der Waals surface area contributed by atoms with Crippen LogP contribution in [0.1, 0.15) is 35.2 Å². The maximum atomic E-state index is 13.3. The van der Waals surface area contributed by atoms with Crippen LogP contribution in [0.3, 0.4) is 0 Å². The minimum Gasteiger partial charge on any atom is -0.366 e. The van der Waals surface area contributed by atoms with Crippen molar-refractivity contribution in [3.05, 3.63) is 103 Å². The molecule has 1 aliphatic carbocycles. The summed E-state index contributed by atoms with van der Waals surface area (Å²) < 4.78 is 0. The number of nitrogens with two attached hydrogens (primary N) is 1. The zero-order chi connectivity index (χ0) is 30.3. The minimum absolute atomic E-state index is 0.167. The second kappa shape index (κ2) is 13.7. The van der Waals surface area contributed by atoms with Crippen molar-refractivity contribution in [1.82, 2.24) is 14.9 Å². The average Bonchev–Trinajstić information content (AvgIpc) is 3.93. The van der Waals surface area contributed by atoms with Gasteiger partial charge in [0, 0.05) is 63.8 Å². The molecular formula is C35H39N7O2. The molecule has 0 spiro atoms. The van der Waals surface area contributed by atoms with Crippen molar-refractivity contribution in [2.24, 2.45) is 11.7 Å². The number of anilines is 3. The van der Waals surface area contributed by atoms with Crippen LogP contribution in [-0.4, -0.2) is 66.0 Å². The van der Waals surface area contributed by atoms with E-state index in [2.05, 4.69) is 61.5 Å². The van der Waals surface area contributed by atoms with Crippen LogP contribution in [0.15, 0.2) is 91.4 Å². The third-order valence-electron chi connectivity index (χ3n) is 8.27. The fourth-order valence-electron chi connectivity index (χ4n) is 5.71. The average molecular weight is 590 g/mol. The van der Waals surface area contributed by atoms with Gasteiger partial charge in [-0.25, -0.2) is 4.98 Å². The molecule has 3 heterocycles. The van der Waals surface area contributed by atoms with E-state index in [1.54, 1.807) is 24.5 Å². The van der Waals surface area contributed by atoms with Gasteiger partial charge in [-0.2, -0.15) is 0 Å². The lowest BCUT2D eigenvalue weighted by Crippen LogP contribution is -2.47. The summed E-state index contributed by atoms with van der Waals surface area (Å²) in [6.07, 6.45) is 7.81. The van der Waals surface area contributed by atoms with Crippen LogP contribution < -0.4 is 20.9 Å². The Morgan fingerprint density at radius 2 is 1.70 bits per heavy atom. The van der Waals surface area contributed by atoms with E-state index in [1.807, 2.05) is 35.4 Å². The zero-order valence-electron chi connectivity index (χ0n) is 24.9. The number of hydrogen-bond donors (Lipinski definition) is 2. The molecule has 2 fully saturated rings. The largest absolute Gasteiger partial charge is 0.366 e. The molecule has 0 bridgehead atoms. The predicted octanol–water partition coefficient (Wildman–Crippen LogP) is 4.81. The van der Waals surface area contributed by atoms with E-state index in [0.29, 0.717) is 25.2 Å². The third-order valence-corrected chi connectivity index (χ3v) is 8.27. The maximum Gasteiger partial charge on any atom is 0.257 e. The highest BCUT2D eigenvalue weighted by molar-refractivity contribution is 6.06. The predicted molar refractivity (Wildman–Crippen MR) is 175 cm³/mol. The first-order valence-corrected chi connectivity index (χ1v) is 15.4. The van der Waals surface area contributed by atoms with Gasteiger partial charge < -0.3 is 25.8 Å². The molecule has 0 atom stereocenters. The summed E-state index contributed by atoms with van der Waals surface area (Å²) in [6.45, 7) is 5.06. The fourth-order valence-corrected chi connectivity index (χ4v) is 5.71. The lowest BCUT2D eigenvalue weighted by Gasteiger charge is -2.37. The van der Waals surface area contributed by atoms with Gasteiger partial charge in [0.05, 0.1) is 16.9 Å². The van der Waals surface area contributed by atoms with Crippen LogP contribution in [0.4, 0.5) is 17.2 Å². The Bertz CT molecular complexity index is 1570. The quantitative estimate of drug-likeness (QED) is 0.259. The summed E-state index contributed by atoms with van der Waals surface area (Å²) in [4.78, 5) is 41.4. The van der Waals surface area contributed by atoms with Crippen LogP contribution in [0.5, 0.6) is 0 Å². The van der Waals surface area contributed by atoms with Crippen molar-refractivity contribution in [3.8, 4) is 11.1 Å². The summed E-state index contributed by atoms with van der Waals surface area (Å²) in [5.74, 6) is 1.18. The molecule has 2 amide bonds. The highest BCUT2D eigenvalue weighted by Gasteiger charge is 2.33. The third kappa shape index (κ3) is 7.06. The second-order valence-corrected chi connectivity index (χ2v) is 11.5. The van der Waals surface area contributed by atoms with E-state index in [4.69, 9.17) is 5.73 Å². The molecule has 2 aliphatic rings. The SMILES string of the molecule is NCCCN(Cc1cccc(-c2ccc(N3CCN(c4ccccn4)CC3)c(NC(=O)c3cccnc3)c2)c1)C(=O)C1CC1. The van der Waals surface area contributed by atoms with Crippen molar-refractivity contribution >= 4 is 29.0 Å². The van der Waals surface area contributed by atoms with Gasteiger partial charge in [-0.15, -0.1) is 0 Å². The van der Waals surface area contributed by atoms with Crippen LogP contribution >= 0.6 is 0 Å². The molecule has 3 N–H and O–H groups in total. The molecule has 1 aliphatic heterocycles. The maximum absolute atomic E-state index is 13.3. The molecule has 2 aromatic carbocycles. The Kier molecular flexibility index (Phi) is 9.12. The smallest absolute Gasteiger partial charge is 0.257 e. The van der Waals surface area contributed by atoms with Gasteiger partial charge in [0.1, 0.15) is 5.82 Å². The first-order chi connectivity index (χ1) is 21.6. The van der Waals surface area contributed by atoms with Crippen molar-refractivity contribution in [1.29, 1.82) is 0 Å². The Hall–Kier alpha value is -4.76. The molecule has 2 aromatic heterocycles. The zero-order valence-corrected chi connectivity index (χ0v) is 24.9. The Morgan fingerprint density at radius 1 is 0.886 bits per heavy atom.